The van der Waals surface area contributed by atoms with Crippen molar-refractivity contribution < 1.29 is 13.3 Å². The summed E-state index contributed by atoms with van der Waals surface area (Å²) in [6.07, 6.45) is 1.90. The highest BCUT2D eigenvalue weighted by Crippen LogP contribution is 2.27. The predicted octanol–water partition coefficient (Wildman–Crippen LogP) is 2.06. The first-order valence-corrected chi connectivity index (χ1v) is 9.13. The van der Waals surface area contributed by atoms with Crippen LogP contribution in [-0.2, 0) is 10.0 Å². The molecule has 0 fully saturated rings. The van der Waals surface area contributed by atoms with Crippen LogP contribution in [0.15, 0.2) is 23.1 Å². The maximum Gasteiger partial charge on any atom is 0.292 e. The number of nitro benzene ring substituents is 1. The van der Waals surface area contributed by atoms with E-state index in [0.29, 0.717) is 13.1 Å². The Morgan fingerprint density at radius 1 is 1.43 bits per heavy atom. The highest BCUT2D eigenvalue weighted by molar-refractivity contribution is 7.99. The molecule has 2 N–H and O–H groups in total. The summed E-state index contributed by atoms with van der Waals surface area (Å²) in [4.78, 5) is 10.4. The first-order valence-electron chi connectivity index (χ1n) is 6.36. The number of anilines is 1. The van der Waals surface area contributed by atoms with Crippen LogP contribution in [0.4, 0.5) is 11.4 Å². The van der Waals surface area contributed by atoms with E-state index < -0.39 is 14.9 Å². The largest absolute Gasteiger partial charge is 0.380 e. The lowest BCUT2D eigenvalue weighted by molar-refractivity contribution is -0.384. The number of rotatable bonds is 8. The summed E-state index contributed by atoms with van der Waals surface area (Å²) in [5, 5.41) is 13.9. The van der Waals surface area contributed by atoms with Crippen LogP contribution in [0.25, 0.3) is 0 Å². The standard InChI is InChI=1S/C12H19N3O4S2/c1-4-13-11-7-10(5-6-12(11)15(16)17)21(18,19)14-8-9(2)20-3/h5-7,9,13-14H,4,8H2,1-3H3. The molecule has 0 bridgehead atoms. The molecule has 0 aromatic heterocycles. The van der Waals surface area contributed by atoms with Crippen LogP contribution >= 0.6 is 11.8 Å². The van der Waals surface area contributed by atoms with Gasteiger partial charge in [0.15, 0.2) is 0 Å². The van der Waals surface area contributed by atoms with Crippen molar-refractivity contribution in [2.24, 2.45) is 0 Å². The fourth-order valence-electron chi connectivity index (χ4n) is 1.57. The molecule has 1 aromatic carbocycles. The second kappa shape index (κ2) is 7.62. The molecule has 1 atom stereocenters. The molecule has 0 radical (unpaired) electrons. The molecule has 0 saturated heterocycles. The first kappa shape index (κ1) is 17.7. The average molecular weight is 333 g/mol. The third-order valence-corrected chi connectivity index (χ3v) is 5.20. The van der Waals surface area contributed by atoms with Crippen LogP contribution in [0.5, 0.6) is 0 Å². The number of nitro groups is 1. The molecule has 0 aliphatic rings. The maximum atomic E-state index is 12.2. The zero-order chi connectivity index (χ0) is 16.0. The van der Waals surface area contributed by atoms with Gasteiger partial charge in [-0.2, -0.15) is 11.8 Å². The molecule has 0 aliphatic carbocycles. The van der Waals surface area contributed by atoms with E-state index in [1.807, 2.05) is 13.2 Å². The predicted molar refractivity (Wildman–Crippen MR) is 85.4 cm³/mol. The number of nitrogens with zero attached hydrogens (tertiary/aromatic N) is 1. The SMILES string of the molecule is CCNc1cc(S(=O)(=O)NCC(C)SC)ccc1[N+](=O)[O-]. The number of thioether (sulfide) groups is 1. The van der Waals surface area contributed by atoms with Crippen molar-refractivity contribution in [1.29, 1.82) is 0 Å². The maximum absolute atomic E-state index is 12.2. The molecule has 21 heavy (non-hydrogen) atoms. The van der Waals surface area contributed by atoms with Crippen molar-refractivity contribution in [2.75, 3.05) is 24.7 Å². The van der Waals surface area contributed by atoms with Crippen LogP contribution in [0.3, 0.4) is 0 Å². The second-order valence-corrected chi connectivity index (χ2v) is 7.41. The average Bonchev–Trinajstić information content (AvgIpc) is 2.44. The summed E-state index contributed by atoms with van der Waals surface area (Å²) >= 11 is 1.55. The normalized spacial score (nSPS) is 12.9. The Labute approximate surface area is 128 Å². The van der Waals surface area contributed by atoms with Crippen molar-refractivity contribution in [3.63, 3.8) is 0 Å². The van der Waals surface area contributed by atoms with Gasteiger partial charge in [0.25, 0.3) is 5.69 Å². The zero-order valence-electron chi connectivity index (χ0n) is 12.1. The van der Waals surface area contributed by atoms with E-state index in [2.05, 4.69) is 10.0 Å². The molecule has 0 spiro atoms. The van der Waals surface area contributed by atoms with E-state index in [4.69, 9.17) is 0 Å². The molecule has 9 heteroatoms. The van der Waals surface area contributed by atoms with Crippen molar-refractivity contribution in [1.82, 2.24) is 4.72 Å². The second-order valence-electron chi connectivity index (χ2n) is 4.36. The number of benzene rings is 1. The lowest BCUT2D eigenvalue weighted by Gasteiger charge is -2.12. The lowest BCUT2D eigenvalue weighted by atomic mass is 10.2. The van der Waals surface area contributed by atoms with Gasteiger partial charge in [-0.15, -0.1) is 0 Å². The van der Waals surface area contributed by atoms with Gasteiger partial charge in [0.1, 0.15) is 5.69 Å². The number of hydrogen-bond acceptors (Lipinski definition) is 6. The summed E-state index contributed by atoms with van der Waals surface area (Å²) in [6, 6.07) is 3.73. The summed E-state index contributed by atoms with van der Waals surface area (Å²) in [5.74, 6) is 0. The molecule has 1 unspecified atom stereocenters. The third-order valence-electron chi connectivity index (χ3n) is 2.81. The Hall–Kier alpha value is -1.32. The Balaban J connectivity index is 3.07. The topological polar surface area (TPSA) is 101 Å². The fraction of sp³-hybridized carbons (Fsp3) is 0.500. The van der Waals surface area contributed by atoms with Crippen LogP contribution in [0.2, 0.25) is 0 Å². The quantitative estimate of drug-likeness (QED) is 0.558. The van der Waals surface area contributed by atoms with Crippen LogP contribution in [0.1, 0.15) is 13.8 Å². The van der Waals surface area contributed by atoms with Crippen molar-refractivity contribution >= 4 is 33.2 Å². The molecule has 1 aromatic rings. The summed E-state index contributed by atoms with van der Waals surface area (Å²) in [7, 11) is -3.67. The molecule has 7 nitrogen and oxygen atoms in total. The fourth-order valence-corrected chi connectivity index (χ4v) is 3.08. The van der Waals surface area contributed by atoms with Gasteiger partial charge in [0.05, 0.1) is 9.82 Å². The Bertz CT molecular complexity index is 605. The smallest absolute Gasteiger partial charge is 0.292 e. The van der Waals surface area contributed by atoms with E-state index >= 15 is 0 Å². The van der Waals surface area contributed by atoms with Gasteiger partial charge in [-0.1, -0.05) is 6.92 Å². The van der Waals surface area contributed by atoms with E-state index in [1.165, 1.54) is 18.2 Å². The first-order chi connectivity index (χ1) is 9.81. The van der Waals surface area contributed by atoms with E-state index in [1.54, 1.807) is 18.7 Å². The Morgan fingerprint density at radius 2 is 2.10 bits per heavy atom. The molecule has 0 aliphatic heterocycles. The number of nitrogens with one attached hydrogen (secondary N) is 2. The van der Waals surface area contributed by atoms with Gasteiger partial charge in [0.2, 0.25) is 10.0 Å². The highest BCUT2D eigenvalue weighted by Gasteiger charge is 2.20. The van der Waals surface area contributed by atoms with Crippen molar-refractivity contribution in [2.45, 2.75) is 24.0 Å². The van der Waals surface area contributed by atoms with Crippen molar-refractivity contribution in [3.05, 3.63) is 28.3 Å². The van der Waals surface area contributed by atoms with Gasteiger partial charge < -0.3 is 5.32 Å². The minimum atomic E-state index is -3.67. The van der Waals surface area contributed by atoms with Gasteiger partial charge >= 0.3 is 0 Å². The molecule has 118 valence electrons. The van der Waals surface area contributed by atoms with E-state index in [0.717, 1.165) is 0 Å². The molecule has 0 amide bonds. The molecular formula is C12H19N3O4S2. The zero-order valence-corrected chi connectivity index (χ0v) is 13.8. The van der Waals surface area contributed by atoms with Crippen molar-refractivity contribution in [3.8, 4) is 0 Å². The number of sulfonamides is 1. The highest BCUT2D eigenvalue weighted by atomic mass is 32.2. The van der Waals surface area contributed by atoms with E-state index in [9.17, 15) is 18.5 Å². The van der Waals surface area contributed by atoms with Crippen LogP contribution in [-0.4, -0.2) is 37.9 Å². The Morgan fingerprint density at radius 3 is 2.62 bits per heavy atom. The van der Waals surface area contributed by atoms with Gasteiger partial charge in [-0.25, -0.2) is 13.1 Å². The molecule has 0 heterocycles. The van der Waals surface area contributed by atoms with Crippen LogP contribution in [0, 0.1) is 10.1 Å². The van der Waals surface area contributed by atoms with Gasteiger partial charge in [-0.05, 0) is 25.3 Å². The minimum Gasteiger partial charge on any atom is -0.380 e. The van der Waals surface area contributed by atoms with Gasteiger partial charge in [-0.3, -0.25) is 10.1 Å². The van der Waals surface area contributed by atoms with Gasteiger partial charge in [0, 0.05) is 24.4 Å². The van der Waals surface area contributed by atoms with E-state index in [-0.39, 0.29) is 21.5 Å². The molecular weight excluding hydrogens is 314 g/mol. The summed E-state index contributed by atoms with van der Waals surface area (Å²) in [6.45, 7) is 4.45. The monoisotopic (exact) mass is 333 g/mol. The lowest BCUT2D eigenvalue weighted by Crippen LogP contribution is -2.29. The number of hydrogen-bond donors (Lipinski definition) is 2. The molecule has 1 rings (SSSR count). The molecule has 0 saturated carbocycles. The Kier molecular flexibility index (Phi) is 6.43. The summed E-state index contributed by atoms with van der Waals surface area (Å²) < 4.78 is 26.8. The third kappa shape index (κ3) is 4.87. The summed E-state index contributed by atoms with van der Waals surface area (Å²) in [5.41, 5.74) is 0.0524. The minimum absolute atomic E-state index is 0.0114. The van der Waals surface area contributed by atoms with Crippen LogP contribution < -0.4 is 10.0 Å².